The summed E-state index contributed by atoms with van der Waals surface area (Å²) in [4.78, 5) is 12.6. The van der Waals surface area contributed by atoms with Gasteiger partial charge in [-0.2, -0.15) is 31.4 Å². The van der Waals surface area contributed by atoms with Gasteiger partial charge in [-0.25, -0.2) is 14.6 Å². The van der Waals surface area contributed by atoms with Gasteiger partial charge in [0.2, 0.25) is 0 Å². The van der Waals surface area contributed by atoms with Gasteiger partial charge < -0.3 is 15.2 Å². The minimum Gasteiger partial charge on any atom is -0.350 e. The highest BCUT2D eigenvalue weighted by Crippen LogP contribution is 2.39. The predicted octanol–water partition coefficient (Wildman–Crippen LogP) is 4.99. The van der Waals surface area contributed by atoms with Crippen LogP contribution in [0.3, 0.4) is 0 Å². The van der Waals surface area contributed by atoms with Gasteiger partial charge in [-0.3, -0.25) is 4.90 Å². The first kappa shape index (κ1) is 28.3. The number of rotatable bonds is 7. The molecule has 0 saturated carbocycles. The third-order valence-electron chi connectivity index (χ3n) is 5.52. The molecule has 2 aromatic carbocycles. The molecule has 1 fully saturated rings. The fourth-order valence-electron chi connectivity index (χ4n) is 3.78. The Hall–Kier alpha value is -3.23. The SMILES string of the molecule is C[C@@H](OC1OCCN(C/C=N/NC(N)=O)[C@H]1c1ccc(F)cc1)c1cc(C(F)(F)F)cc(C(F)(F)F)c1. The van der Waals surface area contributed by atoms with Crippen LogP contribution in [0.2, 0.25) is 0 Å². The molecule has 1 saturated heterocycles. The van der Waals surface area contributed by atoms with E-state index in [2.05, 4.69) is 5.10 Å². The van der Waals surface area contributed by atoms with Crippen molar-refractivity contribution in [2.75, 3.05) is 19.7 Å². The van der Waals surface area contributed by atoms with E-state index in [0.29, 0.717) is 24.2 Å². The molecule has 7 nitrogen and oxygen atoms in total. The number of hydrogen-bond donors (Lipinski definition) is 2. The highest BCUT2D eigenvalue weighted by molar-refractivity contribution is 5.73. The first-order valence-electron chi connectivity index (χ1n) is 10.9. The van der Waals surface area contributed by atoms with Gasteiger partial charge in [0.1, 0.15) is 5.82 Å². The fourth-order valence-corrected chi connectivity index (χ4v) is 3.78. The Labute approximate surface area is 207 Å². The number of primary amides is 1. The standard InChI is InChI=1S/C23H23F7N4O3/c1-13(15-10-16(22(25,26)27)12-17(11-15)23(28,29)30)37-20-19(14-2-4-18(24)5-3-14)34(8-9-36-20)7-6-32-33-21(31)35/h2-6,10-13,19-20H,7-9H2,1H3,(H3,31,33,35)/b32-6+/t13-,19+,20?/m1/s1. The van der Waals surface area contributed by atoms with Crippen LogP contribution in [0.1, 0.15) is 41.3 Å². The maximum absolute atomic E-state index is 13.5. The molecule has 1 heterocycles. The molecule has 1 unspecified atom stereocenters. The Morgan fingerprint density at radius 1 is 1.16 bits per heavy atom. The molecule has 2 amide bonds. The van der Waals surface area contributed by atoms with Gasteiger partial charge in [0.25, 0.3) is 0 Å². The van der Waals surface area contributed by atoms with Gasteiger partial charge in [-0.15, -0.1) is 0 Å². The number of urea groups is 1. The number of nitrogens with two attached hydrogens (primary N) is 1. The number of alkyl halides is 6. The number of benzene rings is 2. The van der Waals surface area contributed by atoms with Crippen molar-refractivity contribution in [3.8, 4) is 0 Å². The maximum atomic E-state index is 13.5. The number of carbonyl (C=O) groups is 1. The summed E-state index contributed by atoms with van der Waals surface area (Å²) < 4.78 is 105. The molecule has 1 aliphatic rings. The van der Waals surface area contributed by atoms with Gasteiger partial charge in [0, 0.05) is 19.3 Å². The smallest absolute Gasteiger partial charge is 0.350 e. The zero-order valence-corrected chi connectivity index (χ0v) is 19.3. The second kappa shape index (κ2) is 11.4. The molecule has 37 heavy (non-hydrogen) atoms. The average molecular weight is 536 g/mol. The van der Waals surface area contributed by atoms with Gasteiger partial charge in [0.05, 0.1) is 29.9 Å². The highest BCUT2D eigenvalue weighted by Gasteiger charge is 2.39. The molecule has 0 radical (unpaired) electrons. The molecule has 3 rings (SSSR count). The lowest BCUT2D eigenvalue weighted by Gasteiger charge is -2.41. The third kappa shape index (κ3) is 7.63. The quantitative estimate of drug-likeness (QED) is 0.296. The molecule has 0 aromatic heterocycles. The van der Waals surface area contributed by atoms with Gasteiger partial charge in [-0.1, -0.05) is 12.1 Å². The van der Waals surface area contributed by atoms with E-state index in [1.807, 2.05) is 5.43 Å². The Morgan fingerprint density at radius 2 is 1.76 bits per heavy atom. The minimum absolute atomic E-state index is 0.0375. The first-order chi connectivity index (χ1) is 17.3. The second-order valence-electron chi connectivity index (χ2n) is 8.14. The first-order valence-corrected chi connectivity index (χ1v) is 10.9. The zero-order chi connectivity index (χ0) is 27.4. The van der Waals surface area contributed by atoms with Crippen LogP contribution in [-0.4, -0.2) is 43.1 Å². The van der Waals surface area contributed by atoms with Gasteiger partial charge in [-0.05, 0) is 48.4 Å². The highest BCUT2D eigenvalue weighted by atomic mass is 19.4. The summed E-state index contributed by atoms with van der Waals surface area (Å²) in [5, 5.41) is 3.66. The Morgan fingerprint density at radius 3 is 2.30 bits per heavy atom. The summed E-state index contributed by atoms with van der Waals surface area (Å²) in [5.74, 6) is -0.520. The van der Waals surface area contributed by atoms with E-state index in [1.54, 1.807) is 4.90 Å². The van der Waals surface area contributed by atoms with Crippen LogP contribution < -0.4 is 11.2 Å². The van der Waals surface area contributed by atoms with E-state index in [1.165, 1.54) is 37.4 Å². The largest absolute Gasteiger partial charge is 0.416 e. The molecule has 0 bridgehead atoms. The minimum atomic E-state index is -5.01. The lowest BCUT2D eigenvalue weighted by atomic mass is 10.0. The third-order valence-corrected chi connectivity index (χ3v) is 5.52. The summed E-state index contributed by atoms with van der Waals surface area (Å²) in [5.41, 5.74) is 4.21. The number of carbonyl (C=O) groups excluding carboxylic acids is 1. The average Bonchev–Trinajstić information content (AvgIpc) is 2.81. The molecule has 0 spiro atoms. The summed E-state index contributed by atoms with van der Waals surface area (Å²) >= 11 is 0. The molecular weight excluding hydrogens is 513 g/mol. The molecule has 202 valence electrons. The van der Waals surface area contributed by atoms with E-state index < -0.39 is 53.8 Å². The van der Waals surface area contributed by atoms with Crippen molar-refractivity contribution in [2.24, 2.45) is 10.8 Å². The number of nitrogens with zero attached hydrogens (tertiary/aromatic N) is 2. The number of hydrazone groups is 1. The number of amides is 2. The Bertz CT molecular complexity index is 1070. The summed E-state index contributed by atoms with van der Waals surface area (Å²) in [7, 11) is 0. The van der Waals surface area contributed by atoms with Crippen molar-refractivity contribution >= 4 is 12.2 Å². The van der Waals surface area contributed by atoms with Crippen LogP contribution in [0.15, 0.2) is 47.6 Å². The monoisotopic (exact) mass is 536 g/mol. The lowest BCUT2D eigenvalue weighted by Crippen LogP contribution is -2.47. The van der Waals surface area contributed by atoms with Crippen LogP contribution in [0.5, 0.6) is 0 Å². The van der Waals surface area contributed by atoms with Crippen molar-refractivity contribution in [2.45, 2.75) is 37.7 Å². The molecule has 14 heteroatoms. The molecule has 3 N–H and O–H groups in total. The van der Waals surface area contributed by atoms with Crippen LogP contribution >= 0.6 is 0 Å². The predicted molar refractivity (Wildman–Crippen MR) is 118 cm³/mol. The molecule has 1 aliphatic heterocycles. The summed E-state index contributed by atoms with van der Waals surface area (Å²) in [6, 6.07) is 4.87. The van der Waals surface area contributed by atoms with Crippen LogP contribution in [0.25, 0.3) is 0 Å². The number of morpholine rings is 1. The van der Waals surface area contributed by atoms with Gasteiger partial charge >= 0.3 is 18.4 Å². The number of nitrogens with one attached hydrogen (secondary N) is 1. The topological polar surface area (TPSA) is 89.2 Å². The zero-order valence-electron chi connectivity index (χ0n) is 19.3. The van der Waals surface area contributed by atoms with Crippen molar-refractivity contribution in [3.63, 3.8) is 0 Å². The lowest BCUT2D eigenvalue weighted by molar-refractivity contribution is -0.227. The number of ether oxygens (including phenoxy) is 2. The maximum Gasteiger partial charge on any atom is 0.416 e. The van der Waals surface area contributed by atoms with Gasteiger partial charge in [0.15, 0.2) is 6.29 Å². The van der Waals surface area contributed by atoms with Crippen molar-refractivity contribution in [1.29, 1.82) is 0 Å². The fraction of sp³-hybridized carbons (Fsp3) is 0.391. The van der Waals surface area contributed by atoms with E-state index in [4.69, 9.17) is 15.2 Å². The van der Waals surface area contributed by atoms with E-state index in [0.717, 1.165) is 0 Å². The van der Waals surface area contributed by atoms with Crippen LogP contribution in [0, 0.1) is 5.82 Å². The van der Waals surface area contributed by atoms with Crippen molar-refractivity contribution in [3.05, 3.63) is 70.5 Å². The molecular formula is C23H23F7N4O3. The summed E-state index contributed by atoms with van der Waals surface area (Å²) in [6.07, 6.45) is -11.1. The van der Waals surface area contributed by atoms with Crippen molar-refractivity contribution in [1.82, 2.24) is 10.3 Å². The molecule has 0 aliphatic carbocycles. The van der Waals surface area contributed by atoms with E-state index >= 15 is 0 Å². The van der Waals surface area contributed by atoms with E-state index in [-0.39, 0.29) is 24.8 Å². The number of hydrogen-bond acceptors (Lipinski definition) is 5. The summed E-state index contributed by atoms with van der Waals surface area (Å²) in [6.45, 7) is 1.85. The van der Waals surface area contributed by atoms with Crippen LogP contribution in [0.4, 0.5) is 35.5 Å². The van der Waals surface area contributed by atoms with E-state index in [9.17, 15) is 35.5 Å². The number of halogens is 7. The molecule has 2 aromatic rings. The normalized spacial score (nSPS) is 20.2. The molecule has 3 atom stereocenters. The second-order valence-corrected chi connectivity index (χ2v) is 8.14. The Balaban J connectivity index is 1.92. The Kier molecular flexibility index (Phi) is 8.76. The van der Waals surface area contributed by atoms with Crippen molar-refractivity contribution < 1.29 is 45.0 Å². The van der Waals surface area contributed by atoms with Crippen LogP contribution in [-0.2, 0) is 21.8 Å².